The van der Waals surface area contributed by atoms with Crippen LogP contribution in [0.2, 0.25) is 0 Å². The lowest BCUT2D eigenvalue weighted by atomic mass is 9.79. The normalized spacial score (nSPS) is 45.1. The zero-order chi connectivity index (χ0) is 13.5. The molecule has 3 nitrogen and oxygen atoms in total. The van der Waals surface area contributed by atoms with Gasteiger partial charge in [0.25, 0.3) is 0 Å². The number of nitrogens with zero attached hydrogens (tertiary/aromatic N) is 1. The third-order valence-corrected chi connectivity index (χ3v) is 6.71. The SMILES string of the molecule is OC(CNC1CC2CC1C1CCCC21)CN1CCCC1. The maximum atomic E-state index is 10.2. The molecule has 3 saturated carbocycles. The van der Waals surface area contributed by atoms with Gasteiger partial charge in [-0.2, -0.15) is 0 Å². The maximum absolute atomic E-state index is 10.2. The molecule has 3 heteroatoms. The number of aliphatic hydroxyl groups is 1. The van der Waals surface area contributed by atoms with E-state index < -0.39 is 0 Å². The van der Waals surface area contributed by atoms with Crippen molar-refractivity contribution in [2.24, 2.45) is 23.7 Å². The second-order valence-corrected chi connectivity index (χ2v) is 7.83. The standard InChI is InChI=1S/C17H30N2O/c20-13(11-19-6-1-2-7-19)10-18-17-9-12-8-16(17)15-5-3-4-14(12)15/h12-18,20H,1-11H2. The molecule has 1 saturated heterocycles. The lowest BCUT2D eigenvalue weighted by molar-refractivity contribution is 0.111. The minimum absolute atomic E-state index is 0.174. The summed E-state index contributed by atoms with van der Waals surface area (Å²) < 4.78 is 0. The Hall–Kier alpha value is -0.120. The maximum Gasteiger partial charge on any atom is 0.0791 e. The molecular formula is C17H30N2O. The van der Waals surface area contributed by atoms with Gasteiger partial charge < -0.3 is 15.3 Å². The van der Waals surface area contributed by atoms with Crippen LogP contribution in [0.4, 0.5) is 0 Å². The summed E-state index contributed by atoms with van der Waals surface area (Å²) in [5, 5.41) is 13.9. The Morgan fingerprint density at radius 2 is 1.80 bits per heavy atom. The molecule has 0 radical (unpaired) electrons. The number of nitrogens with one attached hydrogen (secondary N) is 1. The fourth-order valence-electron chi connectivity index (χ4n) is 5.92. The van der Waals surface area contributed by atoms with Crippen LogP contribution in [0.1, 0.15) is 44.9 Å². The Balaban J connectivity index is 1.24. The minimum atomic E-state index is -0.174. The zero-order valence-electron chi connectivity index (χ0n) is 12.6. The minimum Gasteiger partial charge on any atom is -0.390 e. The van der Waals surface area contributed by atoms with Crippen LogP contribution in [0, 0.1) is 23.7 Å². The van der Waals surface area contributed by atoms with Crippen molar-refractivity contribution < 1.29 is 5.11 Å². The lowest BCUT2D eigenvalue weighted by Crippen LogP contribution is -2.45. The fourth-order valence-corrected chi connectivity index (χ4v) is 5.92. The summed E-state index contributed by atoms with van der Waals surface area (Å²) in [6.07, 6.45) is 9.80. The molecule has 4 rings (SSSR count). The van der Waals surface area contributed by atoms with Crippen LogP contribution in [0.25, 0.3) is 0 Å². The summed E-state index contributed by atoms with van der Waals surface area (Å²) in [6.45, 7) is 4.06. The van der Waals surface area contributed by atoms with E-state index in [1.54, 1.807) is 0 Å². The van der Waals surface area contributed by atoms with E-state index in [2.05, 4.69) is 10.2 Å². The predicted molar refractivity (Wildman–Crippen MR) is 80.5 cm³/mol. The monoisotopic (exact) mass is 278 g/mol. The summed E-state index contributed by atoms with van der Waals surface area (Å²) in [6, 6.07) is 0.715. The van der Waals surface area contributed by atoms with Gasteiger partial charge in [0.2, 0.25) is 0 Å². The van der Waals surface area contributed by atoms with Gasteiger partial charge in [-0.1, -0.05) is 6.42 Å². The van der Waals surface area contributed by atoms with Crippen LogP contribution >= 0.6 is 0 Å². The van der Waals surface area contributed by atoms with E-state index in [9.17, 15) is 5.11 Å². The fraction of sp³-hybridized carbons (Fsp3) is 1.00. The van der Waals surface area contributed by atoms with Crippen LogP contribution in [-0.2, 0) is 0 Å². The average molecular weight is 278 g/mol. The van der Waals surface area contributed by atoms with E-state index in [0.29, 0.717) is 6.04 Å². The van der Waals surface area contributed by atoms with Gasteiger partial charge in [-0.25, -0.2) is 0 Å². The van der Waals surface area contributed by atoms with Crippen molar-refractivity contribution >= 4 is 0 Å². The van der Waals surface area contributed by atoms with Crippen LogP contribution in [0.5, 0.6) is 0 Å². The van der Waals surface area contributed by atoms with E-state index in [1.807, 2.05) is 0 Å². The first-order valence-electron chi connectivity index (χ1n) is 8.95. The Bertz CT molecular complexity index is 342. The second-order valence-electron chi connectivity index (χ2n) is 7.83. The summed E-state index contributed by atoms with van der Waals surface area (Å²) in [5.74, 6) is 4.06. The smallest absolute Gasteiger partial charge is 0.0791 e. The topological polar surface area (TPSA) is 35.5 Å². The molecule has 4 fully saturated rings. The molecule has 4 aliphatic rings. The number of β-amino-alcohol motifs (C(OH)–C–C–N with tert-alkyl or cyclic N) is 1. The molecule has 0 aromatic rings. The highest BCUT2D eigenvalue weighted by atomic mass is 16.3. The van der Waals surface area contributed by atoms with Crippen molar-refractivity contribution in [1.82, 2.24) is 10.2 Å². The molecule has 0 aromatic heterocycles. The first-order valence-corrected chi connectivity index (χ1v) is 8.95. The first kappa shape index (κ1) is 13.5. The van der Waals surface area contributed by atoms with Crippen molar-refractivity contribution in [3.05, 3.63) is 0 Å². The van der Waals surface area contributed by atoms with Crippen LogP contribution < -0.4 is 5.32 Å². The largest absolute Gasteiger partial charge is 0.390 e. The lowest BCUT2D eigenvalue weighted by Gasteiger charge is -2.33. The van der Waals surface area contributed by atoms with Crippen LogP contribution in [-0.4, -0.2) is 48.3 Å². The van der Waals surface area contributed by atoms with Crippen molar-refractivity contribution in [2.45, 2.75) is 57.1 Å². The molecular weight excluding hydrogens is 248 g/mol. The molecule has 1 heterocycles. The van der Waals surface area contributed by atoms with E-state index in [0.717, 1.165) is 36.8 Å². The van der Waals surface area contributed by atoms with Gasteiger partial charge in [0.05, 0.1) is 6.10 Å². The number of likely N-dealkylation sites (tertiary alicyclic amines) is 1. The summed E-state index contributed by atoms with van der Waals surface area (Å²) >= 11 is 0. The number of fused-ring (bicyclic) bond motifs is 5. The van der Waals surface area contributed by atoms with Gasteiger partial charge in [-0.15, -0.1) is 0 Å². The van der Waals surface area contributed by atoms with E-state index in [4.69, 9.17) is 0 Å². The number of hydrogen-bond acceptors (Lipinski definition) is 3. The molecule has 114 valence electrons. The third-order valence-electron chi connectivity index (χ3n) is 6.71. The molecule has 0 spiro atoms. The molecule has 6 unspecified atom stereocenters. The average Bonchev–Trinajstić information content (AvgIpc) is 3.17. The van der Waals surface area contributed by atoms with Gasteiger partial charge in [0.1, 0.15) is 0 Å². The summed E-state index contributed by atoms with van der Waals surface area (Å²) in [7, 11) is 0. The molecule has 2 bridgehead atoms. The van der Waals surface area contributed by atoms with Gasteiger partial charge in [0, 0.05) is 19.1 Å². The van der Waals surface area contributed by atoms with Crippen molar-refractivity contribution in [3.63, 3.8) is 0 Å². The van der Waals surface area contributed by atoms with E-state index >= 15 is 0 Å². The molecule has 6 atom stereocenters. The van der Waals surface area contributed by atoms with Crippen LogP contribution in [0.3, 0.4) is 0 Å². The Morgan fingerprint density at radius 3 is 2.65 bits per heavy atom. The molecule has 3 aliphatic carbocycles. The van der Waals surface area contributed by atoms with Gasteiger partial charge in [-0.3, -0.25) is 0 Å². The van der Waals surface area contributed by atoms with E-state index in [1.165, 1.54) is 58.0 Å². The number of aliphatic hydroxyl groups excluding tert-OH is 1. The number of rotatable bonds is 5. The van der Waals surface area contributed by atoms with E-state index in [-0.39, 0.29) is 6.10 Å². The highest BCUT2D eigenvalue weighted by Gasteiger charge is 2.53. The molecule has 1 aliphatic heterocycles. The van der Waals surface area contributed by atoms with Crippen molar-refractivity contribution in [3.8, 4) is 0 Å². The van der Waals surface area contributed by atoms with Crippen LogP contribution in [0.15, 0.2) is 0 Å². The Morgan fingerprint density at radius 1 is 1.00 bits per heavy atom. The summed E-state index contributed by atoms with van der Waals surface area (Å²) in [5.41, 5.74) is 0. The predicted octanol–water partition coefficient (Wildman–Crippen LogP) is 1.86. The molecule has 0 amide bonds. The third kappa shape index (κ3) is 2.42. The Labute approximate surface area is 123 Å². The molecule has 0 aromatic carbocycles. The quantitative estimate of drug-likeness (QED) is 0.806. The zero-order valence-corrected chi connectivity index (χ0v) is 12.6. The van der Waals surface area contributed by atoms with Crippen molar-refractivity contribution in [2.75, 3.05) is 26.2 Å². The number of hydrogen-bond donors (Lipinski definition) is 2. The highest BCUT2D eigenvalue weighted by molar-refractivity contribution is 5.05. The second kappa shape index (κ2) is 5.58. The van der Waals surface area contributed by atoms with Gasteiger partial charge in [-0.05, 0) is 75.3 Å². The Kier molecular flexibility index (Phi) is 3.78. The highest BCUT2D eigenvalue weighted by Crippen LogP contribution is 2.58. The molecule has 20 heavy (non-hydrogen) atoms. The first-order chi connectivity index (χ1) is 9.81. The summed E-state index contributed by atoms with van der Waals surface area (Å²) in [4.78, 5) is 2.42. The molecule has 2 N–H and O–H groups in total. The van der Waals surface area contributed by atoms with Gasteiger partial charge in [0.15, 0.2) is 0 Å². The van der Waals surface area contributed by atoms with Gasteiger partial charge >= 0.3 is 0 Å². The van der Waals surface area contributed by atoms with Crippen molar-refractivity contribution in [1.29, 1.82) is 0 Å².